The minimum absolute atomic E-state index is 0.0822. The number of nitrogens with zero attached hydrogens (tertiary/aromatic N) is 1. The molecule has 6 heteroatoms. The minimum atomic E-state index is -0.763. The van der Waals surface area contributed by atoms with Crippen molar-refractivity contribution in [3.63, 3.8) is 0 Å². The summed E-state index contributed by atoms with van der Waals surface area (Å²) in [6.45, 7) is 0.449. The molecule has 0 atom stereocenters. The molecule has 0 saturated heterocycles. The Hall–Kier alpha value is -0.880. The van der Waals surface area contributed by atoms with Gasteiger partial charge in [0.15, 0.2) is 9.68 Å². The fourth-order valence-corrected chi connectivity index (χ4v) is 3.35. The van der Waals surface area contributed by atoms with E-state index in [2.05, 4.69) is 0 Å². The van der Waals surface area contributed by atoms with Gasteiger partial charge in [-0.1, -0.05) is 6.42 Å². The number of aromatic nitrogens is 1. The van der Waals surface area contributed by atoms with Gasteiger partial charge in [0, 0.05) is 12.8 Å². The number of carbonyl (C=O) groups excluding carboxylic acids is 1. The van der Waals surface area contributed by atoms with E-state index in [1.54, 1.807) is 9.95 Å². The molecule has 0 unspecified atom stereocenters. The van der Waals surface area contributed by atoms with E-state index in [1.165, 1.54) is 11.3 Å². The van der Waals surface area contributed by atoms with Crippen LogP contribution >= 0.6 is 23.6 Å². The molecule has 0 aliphatic heterocycles. The zero-order chi connectivity index (χ0) is 11.6. The Kier molecular flexibility index (Phi) is 3.30. The summed E-state index contributed by atoms with van der Waals surface area (Å²) >= 11 is 6.45. The van der Waals surface area contributed by atoms with E-state index < -0.39 is 5.72 Å². The molecule has 0 amide bonds. The second kappa shape index (κ2) is 4.55. The molecule has 1 aromatic heterocycles. The highest BCUT2D eigenvalue weighted by atomic mass is 32.1. The minimum Gasteiger partial charge on any atom is -0.494 e. The lowest BCUT2D eigenvalue weighted by Crippen LogP contribution is -2.38. The van der Waals surface area contributed by atoms with Crippen molar-refractivity contribution in [2.45, 2.75) is 37.8 Å². The lowest BCUT2D eigenvalue weighted by atomic mass is 9.91. The van der Waals surface area contributed by atoms with Gasteiger partial charge < -0.3 is 9.84 Å². The van der Waals surface area contributed by atoms with E-state index in [-0.39, 0.29) is 5.88 Å². The van der Waals surface area contributed by atoms with Gasteiger partial charge in [0.1, 0.15) is 0 Å². The van der Waals surface area contributed by atoms with Gasteiger partial charge in [0.05, 0.1) is 5.38 Å². The molecule has 2 rings (SSSR count). The number of ether oxygens (including phenoxy) is 1. The van der Waals surface area contributed by atoms with E-state index in [4.69, 9.17) is 17.0 Å². The molecule has 4 nitrogen and oxygen atoms in total. The number of carbonyl (C=O) groups is 1. The molecule has 0 bridgehead atoms. The van der Waals surface area contributed by atoms with E-state index in [9.17, 15) is 9.90 Å². The van der Waals surface area contributed by atoms with E-state index in [0.717, 1.165) is 19.3 Å². The van der Waals surface area contributed by atoms with Crippen LogP contribution in [0, 0.1) is 3.95 Å². The average Bonchev–Trinajstić information content (AvgIpc) is 2.61. The normalized spacial score (nSPS) is 19.2. The fraction of sp³-hybridized carbons (Fsp3) is 0.600. The highest BCUT2D eigenvalue weighted by Gasteiger charge is 2.38. The summed E-state index contributed by atoms with van der Waals surface area (Å²) in [5, 5.41) is 11.4. The monoisotopic (exact) mass is 259 g/mol. The van der Waals surface area contributed by atoms with Gasteiger partial charge in [-0.25, -0.2) is 0 Å². The summed E-state index contributed by atoms with van der Waals surface area (Å²) in [7, 11) is 0. The van der Waals surface area contributed by atoms with Crippen molar-refractivity contribution in [1.82, 2.24) is 4.57 Å². The Morgan fingerprint density at radius 3 is 2.69 bits per heavy atom. The first-order valence-corrected chi connectivity index (χ1v) is 6.50. The third kappa shape index (κ3) is 1.87. The Morgan fingerprint density at radius 1 is 1.50 bits per heavy atom. The molecular formula is C10H13NO3S2. The van der Waals surface area contributed by atoms with Gasteiger partial charge in [-0.2, -0.15) is 0 Å². The summed E-state index contributed by atoms with van der Waals surface area (Å²) in [5.41, 5.74) is -0.763. The molecule has 1 heterocycles. The van der Waals surface area contributed by atoms with Crippen molar-refractivity contribution in [1.29, 1.82) is 0 Å². The van der Waals surface area contributed by atoms with Crippen LogP contribution in [0.2, 0.25) is 0 Å². The topological polar surface area (TPSA) is 51.5 Å². The van der Waals surface area contributed by atoms with Gasteiger partial charge in [0.2, 0.25) is 5.88 Å². The number of hydrogen-bond donors (Lipinski definition) is 1. The largest absolute Gasteiger partial charge is 0.494 e. The summed E-state index contributed by atoms with van der Waals surface area (Å²) in [6.07, 6.45) is 4.51. The smallest absolute Gasteiger partial charge is 0.295 e. The third-order valence-electron chi connectivity index (χ3n) is 2.99. The molecule has 1 aliphatic rings. The molecule has 1 saturated carbocycles. The average molecular weight is 259 g/mol. The maximum Gasteiger partial charge on any atom is 0.295 e. The second-order valence-electron chi connectivity index (χ2n) is 3.92. The summed E-state index contributed by atoms with van der Waals surface area (Å²) in [6, 6.07) is 0. The molecule has 0 aromatic carbocycles. The second-order valence-corrected chi connectivity index (χ2v) is 5.42. The van der Waals surface area contributed by atoms with Crippen LogP contribution in [0.5, 0.6) is 5.88 Å². The maximum atomic E-state index is 10.6. The van der Waals surface area contributed by atoms with Gasteiger partial charge in [-0.15, -0.1) is 11.3 Å². The van der Waals surface area contributed by atoms with Crippen molar-refractivity contribution >= 4 is 30.0 Å². The fourth-order valence-electron chi connectivity index (χ4n) is 2.27. The molecule has 0 radical (unpaired) electrons. The first-order chi connectivity index (χ1) is 7.69. The van der Waals surface area contributed by atoms with E-state index in [0.29, 0.717) is 23.3 Å². The van der Waals surface area contributed by atoms with Crippen LogP contribution in [0.15, 0.2) is 5.38 Å². The molecule has 1 aliphatic carbocycles. The highest BCUT2D eigenvalue weighted by Crippen LogP contribution is 2.39. The van der Waals surface area contributed by atoms with Crippen LogP contribution in [0.25, 0.3) is 0 Å². The van der Waals surface area contributed by atoms with Crippen LogP contribution < -0.4 is 0 Å². The number of rotatable bonds is 3. The molecule has 1 N–H and O–H groups in total. The zero-order valence-electron chi connectivity index (χ0n) is 8.72. The van der Waals surface area contributed by atoms with Gasteiger partial charge in [0.25, 0.3) is 6.47 Å². The Morgan fingerprint density at radius 2 is 2.19 bits per heavy atom. The van der Waals surface area contributed by atoms with Crippen molar-refractivity contribution in [3.8, 4) is 5.88 Å². The zero-order valence-corrected chi connectivity index (χ0v) is 10.4. The standard InChI is InChI=1S/C10H13NO3S2/c12-7-14-10(4-2-1-3-5-10)11-8(13)6-16-9(11)15/h6-7,13H,1-5H2. The van der Waals surface area contributed by atoms with Crippen molar-refractivity contribution in [2.75, 3.05) is 0 Å². The molecule has 0 spiro atoms. The third-order valence-corrected chi connectivity index (χ3v) is 4.17. The summed E-state index contributed by atoms with van der Waals surface area (Å²) in [4.78, 5) is 10.6. The summed E-state index contributed by atoms with van der Waals surface area (Å²) < 4.78 is 7.35. The molecule has 16 heavy (non-hydrogen) atoms. The van der Waals surface area contributed by atoms with E-state index >= 15 is 0 Å². The predicted octanol–water partition coefficient (Wildman–Crippen LogP) is 2.77. The number of hydrogen-bond acceptors (Lipinski definition) is 5. The lowest BCUT2D eigenvalue weighted by Gasteiger charge is -2.36. The molecule has 88 valence electrons. The van der Waals surface area contributed by atoms with Crippen molar-refractivity contribution < 1.29 is 14.6 Å². The van der Waals surface area contributed by atoms with Crippen LogP contribution in [0.3, 0.4) is 0 Å². The summed E-state index contributed by atoms with van der Waals surface area (Å²) in [5.74, 6) is 0.0822. The van der Waals surface area contributed by atoms with Crippen LogP contribution in [-0.2, 0) is 15.3 Å². The first kappa shape index (κ1) is 11.6. The van der Waals surface area contributed by atoms with Crippen LogP contribution in [0.1, 0.15) is 32.1 Å². The van der Waals surface area contributed by atoms with Crippen molar-refractivity contribution in [3.05, 3.63) is 9.33 Å². The molecular weight excluding hydrogens is 246 g/mol. The lowest BCUT2D eigenvalue weighted by molar-refractivity contribution is -0.163. The Bertz CT molecular complexity index is 432. The number of thiazole rings is 1. The number of aromatic hydroxyl groups is 1. The van der Waals surface area contributed by atoms with Gasteiger partial charge in [-0.05, 0) is 25.1 Å². The maximum absolute atomic E-state index is 10.6. The Balaban J connectivity index is 2.46. The van der Waals surface area contributed by atoms with E-state index in [1.807, 2.05) is 0 Å². The molecule has 1 fully saturated rings. The highest BCUT2D eigenvalue weighted by molar-refractivity contribution is 7.73. The van der Waals surface area contributed by atoms with Crippen molar-refractivity contribution in [2.24, 2.45) is 0 Å². The quantitative estimate of drug-likeness (QED) is 0.670. The predicted molar refractivity (Wildman–Crippen MR) is 63.0 cm³/mol. The SMILES string of the molecule is O=COC1(n2c(O)csc2=S)CCCCC1. The Labute approximate surface area is 102 Å². The van der Waals surface area contributed by atoms with Gasteiger partial charge >= 0.3 is 0 Å². The first-order valence-electron chi connectivity index (χ1n) is 5.21. The van der Waals surface area contributed by atoms with Crippen LogP contribution in [0.4, 0.5) is 0 Å². The molecule has 1 aromatic rings. The van der Waals surface area contributed by atoms with Gasteiger partial charge in [-0.3, -0.25) is 9.36 Å². The van der Waals surface area contributed by atoms with Crippen LogP contribution in [-0.4, -0.2) is 16.1 Å².